The van der Waals surface area contributed by atoms with Gasteiger partial charge in [-0.3, -0.25) is 19.4 Å². The molecule has 0 spiro atoms. The van der Waals surface area contributed by atoms with Crippen molar-refractivity contribution in [1.29, 1.82) is 0 Å². The van der Waals surface area contributed by atoms with Gasteiger partial charge in [-0.15, -0.1) is 0 Å². The van der Waals surface area contributed by atoms with Crippen molar-refractivity contribution in [2.24, 2.45) is 0 Å². The molecule has 5 aromatic rings. The normalized spacial score (nSPS) is 19.5. The Balaban J connectivity index is 1.56. The third kappa shape index (κ3) is 4.48. The Morgan fingerprint density at radius 1 is 0.750 bits per heavy atom. The summed E-state index contributed by atoms with van der Waals surface area (Å²) < 4.78 is 7.20. The minimum absolute atomic E-state index is 0.196. The van der Waals surface area contributed by atoms with Gasteiger partial charge in [0.25, 0.3) is 11.8 Å². The highest BCUT2D eigenvalue weighted by atomic mass is 35.5. The van der Waals surface area contributed by atoms with Crippen LogP contribution >= 0.6 is 11.6 Å². The highest BCUT2D eigenvalue weighted by molar-refractivity contribution is 6.31. The summed E-state index contributed by atoms with van der Waals surface area (Å²) in [5.74, 6) is 0.110. The summed E-state index contributed by atoms with van der Waals surface area (Å²) >= 11 is 6.93. The number of ether oxygens (including phenoxy) is 1. The number of anilines is 2. The fourth-order valence-electron chi connectivity index (χ4n) is 6.37. The zero-order chi connectivity index (χ0) is 30.3. The van der Waals surface area contributed by atoms with E-state index in [0.717, 1.165) is 16.7 Å². The van der Waals surface area contributed by atoms with Crippen LogP contribution in [-0.4, -0.2) is 11.8 Å². The van der Waals surface area contributed by atoms with Crippen molar-refractivity contribution in [2.75, 3.05) is 9.80 Å². The largest absolute Gasteiger partial charge is 0.462 e. The van der Waals surface area contributed by atoms with Crippen molar-refractivity contribution in [3.63, 3.8) is 0 Å². The van der Waals surface area contributed by atoms with Crippen LogP contribution in [0.15, 0.2) is 145 Å². The zero-order valence-corrected chi connectivity index (χ0v) is 24.8. The topological polar surface area (TPSA) is 49.9 Å². The number of para-hydroxylation sites is 2. The number of fused-ring (bicyclic) bond motifs is 3. The van der Waals surface area contributed by atoms with Gasteiger partial charge >= 0.3 is 0 Å². The van der Waals surface area contributed by atoms with E-state index >= 15 is 0 Å². The number of halogens is 1. The van der Waals surface area contributed by atoms with Crippen LogP contribution < -0.4 is 9.80 Å². The Kier molecular flexibility index (Phi) is 7.03. The number of benzene rings is 5. The Morgan fingerprint density at radius 2 is 1.32 bits per heavy atom. The highest BCUT2D eigenvalue weighted by Gasteiger charge is 2.55. The molecule has 0 aliphatic carbocycles. The fraction of sp³-hybridized carbons (Fsp3) is 0.105. The van der Waals surface area contributed by atoms with E-state index in [-0.39, 0.29) is 18.2 Å². The van der Waals surface area contributed by atoms with Crippen LogP contribution in [0.3, 0.4) is 0 Å². The summed E-state index contributed by atoms with van der Waals surface area (Å²) in [4.78, 5) is 32.9. The number of amides is 2. The monoisotopic (exact) mass is 596 g/mol. The van der Waals surface area contributed by atoms with Crippen LogP contribution in [0.4, 0.5) is 11.4 Å². The Morgan fingerprint density at radius 3 is 2.00 bits per heavy atom. The molecule has 0 saturated carbocycles. The molecular formula is C38H29ClN2O3. The molecule has 2 amide bonds. The van der Waals surface area contributed by atoms with Crippen LogP contribution in [0.2, 0.25) is 5.02 Å². The molecule has 0 bridgehead atoms. The van der Waals surface area contributed by atoms with Crippen molar-refractivity contribution in [3.8, 4) is 0 Å². The van der Waals surface area contributed by atoms with Gasteiger partial charge in [0.15, 0.2) is 0 Å². The smallest absolute Gasteiger partial charge is 0.261 e. The predicted octanol–water partition coefficient (Wildman–Crippen LogP) is 8.78. The van der Waals surface area contributed by atoms with E-state index < -0.39 is 11.8 Å². The van der Waals surface area contributed by atoms with Crippen LogP contribution in [0.5, 0.6) is 0 Å². The summed E-state index contributed by atoms with van der Waals surface area (Å²) in [6.07, 6.45) is 0.212. The number of carbonyl (C=O) groups excluding carboxylic acids is 2. The van der Waals surface area contributed by atoms with Gasteiger partial charge in [0.05, 0.1) is 23.0 Å². The van der Waals surface area contributed by atoms with Crippen molar-refractivity contribution in [3.05, 3.63) is 172 Å². The van der Waals surface area contributed by atoms with Gasteiger partial charge in [-0.25, -0.2) is 0 Å². The maximum atomic E-state index is 14.8. The number of carbonyl (C=O) groups is 2. The Hall–Kier alpha value is -5.13. The van der Waals surface area contributed by atoms with E-state index in [4.69, 9.17) is 16.3 Å². The number of nitrogens with zero attached hydrogens (tertiary/aromatic N) is 2. The van der Waals surface area contributed by atoms with Gasteiger partial charge in [0, 0.05) is 28.1 Å². The SMILES string of the molecule is CC1=C(c2ccccc2)O[C@]2(c3ccccc3)C[C@H](c3ccccc3Cl)N(C(=O)c3ccccc3)c3ccccc3N2C1=O. The summed E-state index contributed by atoms with van der Waals surface area (Å²) in [6.45, 7) is 1.80. The second-order valence-electron chi connectivity index (χ2n) is 11.0. The van der Waals surface area contributed by atoms with Gasteiger partial charge in [0.2, 0.25) is 5.72 Å². The van der Waals surface area contributed by atoms with Crippen molar-refractivity contribution < 1.29 is 14.3 Å². The van der Waals surface area contributed by atoms with Crippen LogP contribution in [0.25, 0.3) is 5.76 Å². The third-order valence-corrected chi connectivity index (χ3v) is 8.77. The summed E-state index contributed by atoms with van der Waals surface area (Å²) in [6, 6.07) is 43.2. The molecule has 7 rings (SSSR count). The maximum Gasteiger partial charge on any atom is 0.261 e. The number of rotatable bonds is 4. The van der Waals surface area contributed by atoms with E-state index in [1.807, 2.05) is 127 Å². The van der Waals surface area contributed by atoms with E-state index in [1.165, 1.54) is 0 Å². The quantitative estimate of drug-likeness (QED) is 0.208. The second-order valence-corrected chi connectivity index (χ2v) is 11.4. The molecule has 44 heavy (non-hydrogen) atoms. The molecule has 2 aliphatic heterocycles. The van der Waals surface area contributed by atoms with Crippen LogP contribution in [0.1, 0.15) is 46.4 Å². The minimum Gasteiger partial charge on any atom is -0.462 e. The zero-order valence-electron chi connectivity index (χ0n) is 24.1. The molecule has 0 aromatic heterocycles. The molecule has 2 atom stereocenters. The van der Waals surface area contributed by atoms with E-state index in [1.54, 1.807) is 28.9 Å². The average Bonchev–Trinajstić information content (AvgIpc) is 3.21. The molecule has 0 saturated heterocycles. The lowest BCUT2D eigenvalue weighted by molar-refractivity contribution is -0.122. The minimum atomic E-state index is -1.32. The van der Waals surface area contributed by atoms with Gasteiger partial charge in [0.1, 0.15) is 5.76 Å². The summed E-state index contributed by atoms with van der Waals surface area (Å²) in [5.41, 5.74) is 3.20. The molecule has 0 N–H and O–H groups in total. The molecule has 0 radical (unpaired) electrons. The summed E-state index contributed by atoms with van der Waals surface area (Å²) in [7, 11) is 0. The summed E-state index contributed by atoms with van der Waals surface area (Å²) in [5, 5.41) is 0.523. The van der Waals surface area contributed by atoms with Crippen molar-refractivity contribution in [2.45, 2.75) is 25.1 Å². The maximum absolute atomic E-state index is 14.8. The molecule has 2 heterocycles. The first kappa shape index (κ1) is 27.7. The van der Waals surface area contributed by atoms with Gasteiger partial charge in [-0.1, -0.05) is 121 Å². The molecular weight excluding hydrogens is 568 g/mol. The second kappa shape index (κ2) is 11.2. The van der Waals surface area contributed by atoms with Gasteiger partial charge in [-0.05, 0) is 42.8 Å². The lowest BCUT2D eigenvalue weighted by atomic mass is 9.87. The van der Waals surface area contributed by atoms with Gasteiger partial charge in [-0.2, -0.15) is 0 Å². The molecule has 2 aliphatic rings. The van der Waals surface area contributed by atoms with Crippen molar-refractivity contribution in [1.82, 2.24) is 0 Å². The average molecular weight is 597 g/mol. The van der Waals surface area contributed by atoms with Crippen LogP contribution in [0, 0.1) is 0 Å². The van der Waals surface area contributed by atoms with Crippen molar-refractivity contribution >= 4 is 40.5 Å². The molecule has 6 heteroatoms. The molecule has 0 fully saturated rings. The van der Waals surface area contributed by atoms with E-state index in [9.17, 15) is 9.59 Å². The number of hydrogen-bond donors (Lipinski definition) is 0. The number of hydrogen-bond acceptors (Lipinski definition) is 3. The van der Waals surface area contributed by atoms with E-state index in [0.29, 0.717) is 33.3 Å². The molecule has 5 nitrogen and oxygen atoms in total. The van der Waals surface area contributed by atoms with Crippen LogP contribution in [-0.2, 0) is 15.3 Å². The highest BCUT2D eigenvalue weighted by Crippen LogP contribution is 2.55. The Labute approximate surface area is 261 Å². The van der Waals surface area contributed by atoms with Gasteiger partial charge < -0.3 is 4.74 Å². The predicted molar refractivity (Wildman–Crippen MR) is 174 cm³/mol. The first-order valence-corrected chi connectivity index (χ1v) is 14.9. The lowest BCUT2D eigenvalue weighted by Gasteiger charge is -2.47. The lowest BCUT2D eigenvalue weighted by Crippen LogP contribution is -2.55. The molecule has 216 valence electrons. The standard InChI is InChI=1S/C38H29ClN2O3/c1-26-35(27-15-5-2-6-16-27)44-38(29-19-9-4-10-20-29)25-34(30-21-11-12-22-31(30)39)40(37(43)28-17-7-3-8-18-28)32-23-13-14-24-33(32)41(38)36(26)42/h2-24,34H,25H2,1H3/t34-,38+/m1/s1. The Bertz CT molecular complexity index is 1890. The molecule has 0 unspecified atom stereocenters. The molecule has 5 aromatic carbocycles. The fourth-order valence-corrected chi connectivity index (χ4v) is 6.63. The first-order valence-electron chi connectivity index (χ1n) is 14.6. The third-order valence-electron chi connectivity index (χ3n) is 8.43. The first-order chi connectivity index (χ1) is 21.5. The van der Waals surface area contributed by atoms with E-state index in [2.05, 4.69) is 0 Å².